The lowest BCUT2D eigenvalue weighted by molar-refractivity contribution is 0.0698. The van der Waals surface area contributed by atoms with Gasteiger partial charge in [0.1, 0.15) is 11.4 Å². The summed E-state index contributed by atoms with van der Waals surface area (Å²) in [5.41, 5.74) is 2.80. The Labute approximate surface area is 207 Å². The lowest BCUT2D eigenvalue weighted by Gasteiger charge is -2.28. The van der Waals surface area contributed by atoms with Gasteiger partial charge in [-0.15, -0.1) is 10.2 Å². The number of nitrogens with one attached hydrogen (secondary N) is 1. The van der Waals surface area contributed by atoms with Crippen molar-refractivity contribution in [1.82, 2.24) is 14.8 Å². The lowest BCUT2D eigenvalue weighted by Crippen LogP contribution is -2.34. The molecule has 0 bridgehead atoms. The average molecular weight is 486 g/mol. The lowest BCUT2D eigenvalue weighted by atomic mass is 10.0. The molecular formula is C27H27N5O4. The minimum absolute atomic E-state index is 0.111. The van der Waals surface area contributed by atoms with Crippen molar-refractivity contribution in [3.8, 4) is 0 Å². The Balaban J connectivity index is 1.37. The summed E-state index contributed by atoms with van der Waals surface area (Å²) in [4.78, 5) is 26.9. The number of nitrogens with zero attached hydrogens (tertiary/aromatic N) is 4. The summed E-state index contributed by atoms with van der Waals surface area (Å²) in [6.45, 7) is 5.83. The second kappa shape index (κ2) is 8.51. The minimum Gasteiger partial charge on any atom is -0.478 e. The molecular weight excluding hydrogens is 458 g/mol. The molecule has 0 radical (unpaired) electrons. The quantitative estimate of drug-likeness (QED) is 0.412. The second-order valence-electron chi connectivity index (χ2n) is 9.72. The van der Waals surface area contributed by atoms with E-state index in [9.17, 15) is 14.7 Å². The van der Waals surface area contributed by atoms with Gasteiger partial charge in [0.2, 0.25) is 0 Å². The van der Waals surface area contributed by atoms with E-state index >= 15 is 0 Å². The molecule has 1 saturated carbocycles. The summed E-state index contributed by atoms with van der Waals surface area (Å²) in [7, 11) is 0. The molecule has 184 valence electrons. The second-order valence-corrected chi connectivity index (χ2v) is 9.72. The van der Waals surface area contributed by atoms with Crippen LogP contribution in [0.1, 0.15) is 64.9 Å². The summed E-state index contributed by atoms with van der Waals surface area (Å²) in [6.07, 6.45) is 2.35. The highest BCUT2D eigenvalue weighted by atomic mass is 16.4. The average Bonchev–Trinajstić information content (AvgIpc) is 3.62. The molecule has 1 unspecified atom stereocenters. The van der Waals surface area contributed by atoms with Gasteiger partial charge in [-0.3, -0.25) is 4.79 Å². The Morgan fingerprint density at radius 1 is 1.17 bits per heavy atom. The number of aromatic carboxylic acids is 1. The molecule has 3 heterocycles. The monoisotopic (exact) mass is 485 g/mol. The predicted octanol–water partition coefficient (Wildman–Crippen LogP) is 4.46. The number of para-hydroxylation sites is 1. The molecule has 6 rings (SSSR count). The van der Waals surface area contributed by atoms with Gasteiger partial charge in [0.15, 0.2) is 17.1 Å². The number of carboxylic acid groups (broad SMARTS) is 1. The van der Waals surface area contributed by atoms with Gasteiger partial charge >= 0.3 is 5.97 Å². The molecule has 2 aliphatic rings. The summed E-state index contributed by atoms with van der Waals surface area (Å²) in [6, 6.07) is 11.8. The van der Waals surface area contributed by atoms with Crippen LogP contribution >= 0.6 is 0 Å². The van der Waals surface area contributed by atoms with E-state index in [0.29, 0.717) is 41.5 Å². The molecule has 2 N–H and O–H groups in total. The highest BCUT2D eigenvalue weighted by Gasteiger charge is 2.32. The molecule has 1 atom stereocenters. The third kappa shape index (κ3) is 3.90. The molecule has 9 heteroatoms. The van der Waals surface area contributed by atoms with Crippen LogP contribution in [0.15, 0.2) is 51.7 Å². The van der Waals surface area contributed by atoms with Gasteiger partial charge in [-0.1, -0.05) is 18.2 Å². The number of benzene rings is 2. The Morgan fingerprint density at radius 3 is 2.75 bits per heavy atom. The van der Waals surface area contributed by atoms with Crippen molar-refractivity contribution in [3.05, 3.63) is 81.0 Å². The van der Waals surface area contributed by atoms with Crippen LogP contribution in [0.4, 0.5) is 11.6 Å². The number of hydrogen-bond donors (Lipinski definition) is 2. The van der Waals surface area contributed by atoms with E-state index in [-0.39, 0.29) is 17.0 Å². The molecule has 2 aromatic carbocycles. The first-order valence-electron chi connectivity index (χ1n) is 12.2. The van der Waals surface area contributed by atoms with Crippen LogP contribution in [0.3, 0.4) is 0 Å². The fourth-order valence-electron chi connectivity index (χ4n) is 5.02. The van der Waals surface area contributed by atoms with E-state index in [0.717, 1.165) is 29.3 Å². The van der Waals surface area contributed by atoms with E-state index < -0.39 is 5.97 Å². The van der Waals surface area contributed by atoms with Gasteiger partial charge in [-0.2, -0.15) is 0 Å². The van der Waals surface area contributed by atoms with Crippen molar-refractivity contribution in [2.45, 2.75) is 51.7 Å². The molecule has 1 aliphatic carbocycles. The molecule has 1 fully saturated rings. The minimum atomic E-state index is -1.00. The molecule has 4 aromatic rings. The first-order valence-corrected chi connectivity index (χ1v) is 12.2. The van der Waals surface area contributed by atoms with E-state index in [1.807, 2.05) is 30.9 Å². The molecule has 2 aromatic heterocycles. The van der Waals surface area contributed by atoms with E-state index in [4.69, 9.17) is 4.42 Å². The van der Waals surface area contributed by atoms with E-state index in [2.05, 4.69) is 20.1 Å². The number of carboxylic acids is 1. The third-order valence-electron chi connectivity index (χ3n) is 7.02. The Hall–Kier alpha value is -4.14. The fourth-order valence-corrected chi connectivity index (χ4v) is 5.02. The number of fused-ring (bicyclic) bond motifs is 2. The van der Waals surface area contributed by atoms with Crippen LogP contribution in [-0.2, 0) is 13.1 Å². The summed E-state index contributed by atoms with van der Waals surface area (Å²) >= 11 is 0. The van der Waals surface area contributed by atoms with Crippen molar-refractivity contribution >= 4 is 28.5 Å². The first kappa shape index (κ1) is 22.3. The summed E-state index contributed by atoms with van der Waals surface area (Å²) < 4.78 is 8.60. The standard InChI is InChI=1S/C27H27N5O4/c1-15-11-19(16(2)28-21-6-4-3-5-18(21)27(34)35)25-20(12-15)22(33)13-24(36-25)31-9-10-32-23(14-31)29-30-26(32)17-7-8-17/h3-6,11-13,16-17,28H,7-10,14H2,1-2H3,(H,34,35). The number of hydrogen-bond acceptors (Lipinski definition) is 7. The maximum absolute atomic E-state index is 13.2. The molecule has 36 heavy (non-hydrogen) atoms. The smallest absolute Gasteiger partial charge is 0.337 e. The number of anilines is 2. The molecule has 9 nitrogen and oxygen atoms in total. The van der Waals surface area contributed by atoms with Crippen LogP contribution in [0.5, 0.6) is 0 Å². The number of aromatic nitrogens is 3. The largest absolute Gasteiger partial charge is 0.478 e. The zero-order valence-electron chi connectivity index (χ0n) is 20.2. The summed E-state index contributed by atoms with van der Waals surface area (Å²) in [5, 5.41) is 22.2. The predicted molar refractivity (Wildman–Crippen MR) is 136 cm³/mol. The van der Waals surface area contributed by atoms with Crippen molar-refractivity contribution in [2.75, 3.05) is 16.8 Å². The van der Waals surface area contributed by atoms with E-state index in [1.165, 1.54) is 12.8 Å². The zero-order valence-corrected chi connectivity index (χ0v) is 20.2. The van der Waals surface area contributed by atoms with Crippen LogP contribution in [0, 0.1) is 6.92 Å². The first-order chi connectivity index (χ1) is 17.4. The van der Waals surface area contributed by atoms with Crippen LogP contribution in [0.2, 0.25) is 0 Å². The maximum Gasteiger partial charge on any atom is 0.337 e. The Kier molecular flexibility index (Phi) is 5.28. The third-order valence-corrected chi connectivity index (χ3v) is 7.02. The molecule has 0 amide bonds. The molecule has 0 spiro atoms. The highest BCUT2D eigenvalue weighted by molar-refractivity contribution is 5.94. The normalized spacial score (nSPS) is 16.1. The Morgan fingerprint density at radius 2 is 1.97 bits per heavy atom. The molecule has 1 aliphatic heterocycles. The van der Waals surface area contributed by atoms with Gasteiger partial charge in [-0.05, 0) is 50.5 Å². The zero-order chi connectivity index (χ0) is 25.0. The van der Waals surface area contributed by atoms with Crippen LogP contribution in [0.25, 0.3) is 11.0 Å². The highest BCUT2D eigenvalue weighted by Crippen LogP contribution is 2.40. The van der Waals surface area contributed by atoms with Gasteiger partial charge in [0.05, 0.1) is 23.5 Å². The molecule has 0 saturated heterocycles. The Bertz CT molecular complexity index is 1550. The number of aryl methyl sites for hydroxylation is 1. The fraction of sp³-hybridized carbons (Fsp3) is 0.333. The van der Waals surface area contributed by atoms with Gasteiger partial charge in [-0.25, -0.2) is 4.79 Å². The van der Waals surface area contributed by atoms with Crippen molar-refractivity contribution in [1.29, 1.82) is 0 Å². The SMILES string of the molecule is Cc1cc(C(C)Nc2ccccc2C(=O)O)c2oc(N3CCn4c(nnc4C4CC4)C3)cc(=O)c2c1. The van der Waals surface area contributed by atoms with Crippen molar-refractivity contribution < 1.29 is 14.3 Å². The summed E-state index contributed by atoms with van der Waals surface area (Å²) in [5.74, 6) is 1.98. The van der Waals surface area contributed by atoms with Gasteiger partial charge < -0.3 is 24.3 Å². The van der Waals surface area contributed by atoms with Gasteiger partial charge in [0, 0.05) is 36.3 Å². The topological polar surface area (TPSA) is 113 Å². The van der Waals surface area contributed by atoms with Crippen LogP contribution in [-0.4, -0.2) is 32.4 Å². The van der Waals surface area contributed by atoms with Gasteiger partial charge in [0.25, 0.3) is 0 Å². The number of carbonyl (C=O) groups is 1. The van der Waals surface area contributed by atoms with Crippen LogP contribution < -0.4 is 15.6 Å². The number of rotatable bonds is 6. The van der Waals surface area contributed by atoms with Crippen molar-refractivity contribution in [3.63, 3.8) is 0 Å². The van der Waals surface area contributed by atoms with E-state index in [1.54, 1.807) is 30.3 Å². The van der Waals surface area contributed by atoms with Crippen molar-refractivity contribution in [2.24, 2.45) is 0 Å². The maximum atomic E-state index is 13.2.